The molecule has 0 amide bonds. The van der Waals surface area contributed by atoms with Gasteiger partial charge in [-0.15, -0.1) is 0 Å². The smallest absolute Gasteiger partial charge is 1.00 e. The molecule has 0 aliphatic carbocycles. The van der Waals surface area contributed by atoms with Crippen LogP contribution >= 0.6 is 0 Å². The summed E-state index contributed by atoms with van der Waals surface area (Å²) < 4.78 is 0. The van der Waals surface area contributed by atoms with Gasteiger partial charge in [-0.25, -0.2) is 0 Å². The number of rotatable bonds is 12. The topological polar surface area (TPSA) is 74.6 Å². The number of carbonyl (C=O) groups is 2. The molecule has 0 aliphatic rings. The Hall–Kier alpha value is -0.204. The molecule has 0 fully saturated rings. The van der Waals surface area contributed by atoms with Crippen molar-refractivity contribution < 1.29 is 72.6 Å². The van der Waals surface area contributed by atoms with Crippen LogP contribution in [-0.2, 0) is 15.0 Å². The van der Waals surface area contributed by atoms with Crippen LogP contribution in [0.2, 0.25) is 0 Å². The predicted molar refractivity (Wildman–Crippen MR) is 91.7 cm³/mol. The molecule has 1 aromatic carbocycles. The van der Waals surface area contributed by atoms with Crippen LogP contribution in [-0.4, -0.2) is 22.2 Å². The summed E-state index contributed by atoms with van der Waals surface area (Å²) in [6, 6.07) is 8.31. The molecule has 0 aliphatic heterocycles. The van der Waals surface area contributed by atoms with E-state index in [0.717, 1.165) is 19.3 Å². The molecule has 0 radical (unpaired) electrons. The third-order valence-electron chi connectivity index (χ3n) is 4.40. The van der Waals surface area contributed by atoms with Crippen molar-refractivity contribution in [3.8, 4) is 0 Å². The van der Waals surface area contributed by atoms with Crippen LogP contribution in [0.15, 0.2) is 30.3 Å². The second-order valence-corrected chi connectivity index (χ2v) is 6.11. The van der Waals surface area contributed by atoms with E-state index in [0.29, 0.717) is 12.0 Å². The van der Waals surface area contributed by atoms with E-state index in [1.807, 2.05) is 0 Å². The molecule has 4 nitrogen and oxygen atoms in total. The van der Waals surface area contributed by atoms with E-state index in [1.54, 1.807) is 30.3 Å². The molecule has 0 heterocycles. The first-order valence-electron chi connectivity index (χ1n) is 8.58. The molecule has 0 aromatic heterocycles. The second-order valence-electron chi connectivity index (χ2n) is 6.11. The van der Waals surface area contributed by atoms with Crippen LogP contribution in [0.25, 0.3) is 0 Å². The maximum atomic E-state index is 11.7. The van der Waals surface area contributed by atoms with E-state index in [1.165, 1.54) is 25.7 Å². The van der Waals surface area contributed by atoms with Crippen LogP contribution in [0.1, 0.15) is 71.7 Å². The molecule has 5 heteroatoms. The van der Waals surface area contributed by atoms with E-state index < -0.39 is 17.4 Å². The third kappa shape index (κ3) is 6.96. The van der Waals surface area contributed by atoms with Gasteiger partial charge in [0.05, 0.1) is 0 Å². The molecule has 0 bridgehead atoms. The largest absolute Gasteiger partial charge is 1.00 e. The molecule has 1 aromatic rings. The first kappa shape index (κ1) is 23.8. The Labute approximate surface area is 188 Å². The number of hydrogen-bond acceptors (Lipinski definition) is 2. The van der Waals surface area contributed by atoms with Gasteiger partial charge in [-0.05, 0) is 12.0 Å². The SMILES string of the molecule is CCCCCCCCCCC(C(=O)O)(C(=O)O)c1ccccc1.[H-].[K+]. The number of benzene rings is 1. The third-order valence-corrected chi connectivity index (χ3v) is 4.40. The maximum Gasteiger partial charge on any atom is 1.00 e. The number of carboxylic acid groups (broad SMARTS) is 2. The monoisotopic (exact) mass is 360 g/mol. The van der Waals surface area contributed by atoms with Gasteiger partial charge in [-0.2, -0.15) is 0 Å². The number of unbranched alkanes of at least 4 members (excludes halogenated alkanes) is 7. The summed E-state index contributed by atoms with van der Waals surface area (Å²) in [5, 5.41) is 19.1. The number of aliphatic carboxylic acids is 2. The fraction of sp³-hybridized carbons (Fsp3) is 0.579. The predicted octanol–water partition coefficient (Wildman–Crippen LogP) is 1.74. The van der Waals surface area contributed by atoms with E-state index in [4.69, 9.17) is 0 Å². The van der Waals surface area contributed by atoms with E-state index in [-0.39, 0.29) is 59.2 Å². The van der Waals surface area contributed by atoms with Gasteiger partial charge in [0.25, 0.3) is 0 Å². The Morgan fingerprint density at radius 3 is 1.79 bits per heavy atom. The summed E-state index contributed by atoms with van der Waals surface area (Å²) in [4.78, 5) is 23.4. The Morgan fingerprint density at radius 1 is 0.875 bits per heavy atom. The van der Waals surface area contributed by atoms with Crippen molar-refractivity contribution in [2.45, 2.75) is 70.1 Å². The Balaban J connectivity index is 0. The Kier molecular flexibility index (Phi) is 12.9. The van der Waals surface area contributed by atoms with E-state index in [9.17, 15) is 19.8 Å². The molecule has 0 unspecified atom stereocenters. The zero-order valence-electron chi connectivity index (χ0n) is 16.0. The summed E-state index contributed by atoms with van der Waals surface area (Å²) in [7, 11) is 0. The summed E-state index contributed by atoms with van der Waals surface area (Å²) in [5.74, 6) is -2.56. The van der Waals surface area contributed by atoms with Crippen molar-refractivity contribution in [2.75, 3.05) is 0 Å². The zero-order chi connectivity index (χ0) is 17.1. The van der Waals surface area contributed by atoms with Crippen molar-refractivity contribution in [3.63, 3.8) is 0 Å². The molecular formula is C19H29KO4. The van der Waals surface area contributed by atoms with Crippen molar-refractivity contribution in [2.24, 2.45) is 0 Å². The average molecular weight is 361 g/mol. The van der Waals surface area contributed by atoms with Gasteiger partial charge in [0.2, 0.25) is 0 Å². The minimum absolute atomic E-state index is 0. The molecule has 24 heavy (non-hydrogen) atoms. The van der Waals surface area contributed by atoms with Gasteiger partial charge in [0.15, 0.2) is 5.41 Å². The Morgan fingerprint density at radius 2 is 1.33 bits per heavy atom. The van der Waals surface area contributed by atoms with Gasteiger partial charge in [-0.3, -0.25) is 9.59 Å². The molecule has 130 valence electrons. The average Bonchev–Trinajstić information content (AvgIpc) is 2.54. The molecule has 2 N–H and O–H groups in total. The molecular weight excluding hydrogens is 331 g/mol. The van der Waals surface area contributed by atoms with Gasteiger partial charge < -0.3 is 11.6 Å². The number of hydrogen-bond donors (Lipinski definition) is 2. The summed E-state index contributed by atoms with van der Waals surface area (Å²) >= 11 is 0. The van der Waals surface area contributed by atoms with E-state index >= 15 is 0 Å². The normalized spacial score (nSPS) is 10.9. The fourth-order valence-electron chi connectivity index (χ4n) is 2.94. The summed E-state index contributed by atoms with van der Waals surface area (Å²) in [5.41, 5.74) is -1.48. The second kappa shape index (κ2) is 13.1. The quantitative estimate of drug-likeness (QED) is 0.338. The van der Waals surface area contributed by atoms with Crippen LogP contribution in [0, 0.1) is 0 Å². The van der Waals surface area contributed by atoms with Crippen LogP contribution < -0.4 is 51.4 Å². The van der Waals surface area contributed by atoms with Crippen molar-refractivity contribution in [3.05, 3.63) is 35.9 Å². The summed E-state index contributed by atoms with van der Waals surface area (Å²) in [6.45, 7) is 2.18. The molecule has 0 atom stereocenters. The van der Waals surface area contributed by atoms with E-state index in [2.05, 4.69) is 6.92 Å². The first-order valence-corrected chi connectivity index (χ1v) is 8.58. The van der Waals surface area contributed by atoms with Gasteiger partial charge in [0.1, 0.15) is 0 Å². The minimum Gasteiger partial charge on any atom is -1.00 e. The van der Waals surface area contributed by atoms with Crippen LogP contribution in [0.4, 0.5) is 0 Å². The van der Waals surface area contributed by atoms with Crippen LogP contribution in [0.3, 0.4) is 0 Å². The van der Waals surface area contributed by atoms with Crippen molar-refractivity contribution >= 4 is 11.9 Å². The number of carboxylic acids is 2. The maximum absolute atomic E-state index is 11.7. The molecule has 0 saturated heterocycles. The standard InChI is InChI=1S/C19H28O4.K.H/c1-2-3-4-5-6-7-8-12-15-19(17(20)21,18(22)23)16-13-10-9-11-14-16;;/h9-11,13-14H,2-8,12,15H2,1H3,(H,20,21)(H,22,23);;/q;+1;-1. The molecule has 1 rings (SSSR count). The van der Waals surface area contributed by atoms with Gasteiger partial charge in [-0.1, -0.05) is 88.6 Å². The van der Waals surface area contributed by atoms with Crippen molar-refractivity contribution in [1.29, 1.82) is 0 Å². The molecule has 0 saturated carbocycles. The first-order chi connectivity index (χ1) is 11.1. The Bertz CT molecular complexity index is 479. The van der Waals surface area contributed by atoms with Gasteiger partial charge in [0, 0.05) is 0 Å². The van der Waals surface area contributed by atoms with Crippen molar-refractivity contribution in [1.82, 2.24) is 0 Å². The van der Waals surface area contributed by atoms with Gasteiger partial charge >= 0.3 is 63.3 Å². The van der Waals surface area contributed by atoms with Crippen LogP contribution in [0.5, 0.6) is 0 Å². The summed E-state index contributed by atoms with van der Waals surface area (Å²) in [6.07, 6.45) is 8.72. The molecule has 0 spiro atoms. The fourth-order valence-corrected chi connectivity index (χ4v) is 2.94. The minimum atomic E-state index is -1.83. The zero-order valence-corrected chi connectivity index (χ0v) is 18.1.